The maximum Gasteiger partial charge on any atom is 0.151 e. The third-order valence-corrected chi connectivity index (χ3v) is 5.76. The van der Waals surface area contributed by atoms with Gasteiger partial charge < -0.3 is 14.5 Å². The lowest BCUT2D eigenvalue weighted by atomic mass is 10.0. The van der Waals surface area contributed by atoms with Crippen LogP contribution in [0.5, 0.6) is 11.5 Å². The molecule has 2 aliphatic rings. The van der Waals surface area contributed by atoms with E-state index in [1.807, 2.05) is 91.8 Å². The van der Waals surface area contributed by atoms with E-state index in [9.17, 15) is 0 Å². The summed E-state index contributed by atoms with van der Waals surface area (Å²) in [6.07, 6.45) is 2.55. The standard InChI is InChI=1S/C15H15NO.C12H17N.4C2H6/c1-11(2)16-12-7-3-5-9-14(12)17-15-10-6-4-8-13(15)16;1-10(2)13-9-5-7-11-6-3-4-8-12(11)13;4*1-2/h3-11H,1-2H3;3-4,6,8,10H,5,7,9H2,1-2H3;4*1-2H3. The summed E-state index contributed by atoms with van der Waals surface area (Å²) in [5.74, 6) is 1.86. The molecule has 0 unspecified atom stereocenters. The minimum Gasteiger partial charge on any atom is -0.453 e. The van der Waals surface area contributed by atoms with Crippen LogP contribution in [-0.4, -0.2) is 18.6 Å². The summed E-state index contributed by atoms with van der Waals surface area (Å²) in [5.41, 5.74) is 5.24. The van der Waals surface area contributed by atoms with Gasteiger partial charge >= 0.3 is 0 Å². The van der Waals surface area contributed by atoms with Gasteiger partial charge in [-0.25, -0.2) is 0 Å². The van der Waals surface area contributed by atoms with Crippen molar-refractivity contribution in [2.75, 3.05) is 16.3 Å². The number of aryl methyl sites for hydroxylation is 1. The van der Waals surface area contributed by atoms with Gasteiger partial charge in [0, 0.05) is 24.3 Å². The first-order chi connectivity index (χ1) is 18.6. The molecule has 2 heterocycles. The Balaban J connectivity index is 0.000000583. The van der Waals surface area contributed by atoms with Gasteiger partial charge in [0.25, 0.3) is 0 Å². The van der Waals surface area contributed by atoms with E-state index in [0.29, 0.717) is 12.1 Å². The maximum absolute atomic E-state index is 5.92. The predicted octanol–water partition coefficient (Wildman–Crippen LogP) is 11.3. The van der Waals surface area contributed by atoms with Crippen LogP contribution in [0.1, 0.15) is 95.1 Å². The normalized spacial score (nSPS) is 11.9. The fourth-order valence-corrected chi connectivity index (χ4v) is 4.39. The van der Waals surface area contributed by atoms with Crippen LogP contribution in [0.25, 0.3) is 0 Å². The number of para-hydroxylation sites is 5. The van der Waals surface area contributed by atoms with Crippen molar-refractivity contribution in [1.82, 2.24) is 0 Å². The molecule has 0 amide bonds. The number of benzene rings is 3. The fraction of sp³-hybridized carbons (Fsp3) is 0.486. The molecule has 0 bridgehead atoms. The van der Waals surface area contributed by atoms with Crippen molar-refractivity contribution in [3.63, 3.8) is 0 Å². The maximum atomic E-state index is 5.92. The van der Waals surface area contributed by atoms with Crippen molar-refractivity contribution < 1.29 is 4.74 Å². The molecule has 3 aromatic carbocycles. The number of rotatable bonds is 2. The summed E-state index contributed by atoms with van der Waals surface area (Å²) in [4.78, 5) is 4.81. The Labute approximate surface area is 235 Å². The van der Waals surface area contributed by atoms with Crippen LogP contribution < -0.4 is 14.5 Å². The average Bonchev–Trinajstić information content (AvgIpc) is 2.99. The molecule has 2 aliphatic heterocycles. The van der Waals surface area contributed by atoms with E-state index in [4.69, 9.17) is 4.74 Å². The van der Waals surface area contributed by atoms with Crippen molar-refractivity contribution in [2.45, 2.75) is 108 Å². The van der Waals surface area contributed by atoms with Crippen LogP contribution in [0.3, 0.4) is 0 Å². The zero-order chi connectivity index (χ0) is 29.1. The Bertz CT molecular complexity index is 951. The number of hydrogen-bond donors (Lipinski definition) is 0. The molecule has 0 saturated heterocycles. The molecular formula is C35H56N2O. The molecule has 0 radical (unpaired) electrons. The van der Waals surface area contributed by atoms with Crippen molar-refractivity contribution >= 4 is 17.1 Å². The van der Waals surface area contributed by atoms with Gasteiger partial charge in [0.1, 0.15) is 0 Å². The summed E-state index contributed by atoms with van der Waals surface area (Å²) >= 11 is 0. The third kappa shape index (κ3) is 9.42. The van der Waals surface area contributed by atoms with Gasteiger partial charge in [-0.15, -0.1) is 0 Å². The Morgan fingerprint density at radius 2 is 0.974 bits per heavy atom. The minimum absolute atomic E-state index is 0.404. The van der Waals surface area contributed by atoms with E-state index >= 15 is 0 Å². The number of nitrogens with zero attached hydrogens (tertiary/aromatic N) is 2. The molecule has 0 saturated carbocycles. The molecule has 3 aromatic rings. The van der Waals surface area contributed by atoms with Crippen LogP contribution in [0, 0.1) is 0 Å². The second kappa shape index (κ2) is 20.1. The zero-order valence-corrected chi connectivity index (χ0v) is 26.5. The molecule has 38 heavy (non-hydrogen) atoms. The molecule has 212 valence electrons. The Hall–Kier alpha value is -2.94. The van der Waals surface area contributed by atoms with E-state index in [-0.39, 0.29) is 0 Å². The highest BCUT2D eigenvalue weighted by atomic mass is 16.5. The van der Waals surface area contributed by atoms with E-state index < -0.39 is 0 Å². The monoisotopic (exact) mass is 520 g/mol. The van der Waals surface area contributed by atoms with Gasteiger partial charge in [0.2, 0.25) is 0 Å². The van der Waals surface area contributed by atoms with Crippen LogP contribution in [-0.2, 0) is 6.42 Å². The Morgan fingerprint density at radius 3 is 1.42 bits per heavy atom. The molecule has 3 heteroatoms. The summed E-state index contributed by atoms with van der Waals surface area (Å²) in [6, 6.07) is 26.1. The topological polar surface area (TPSA) is 15.7 Å². The first kappa shape index (κ1) is 35.1. The molecule has 3 nitrogen and oxygen atoms in total. The summed E-state index contributed by atoms with van der Waals surface area (Å²) in [5, 5.41) is 0. The van der Waals surface area contributed by atoms with Crippen molar-refractivity contribution in [1.29, 1.82) is 0 Å². The van der Waals surface area contributed by atoms with Gasteiger partial charge in [-0.05, 0) is 76.4 Å². The quantitative estimate of drug-likeness (QED) is 0.334. The van der Waals surface area contributed by atoms with E-state index in [2.05, 4.69) is 73.9 Å². The lowest BCUT2D eigenvalue weighted by molar-refractivity contribution is 0.469. The Morgan fingerprint density at radius 1 is 0.553 bits per heavy atom. The van der Waals surface area contributed by atoms with Crippen molar-refractivity contribution in [2.24, 2.45) is 0 Å². The highest BCUT2D eigenvalue weighted by Gasteiger charge is 2.25. The molecule has 0 aliphatic carbocycles. The molecule has 0 atom stereocenters. The summed E-state index contributed by atoms with van der Waals surface area (Å²) < 4.78 is 5.92. The Kier molecular flexibility index (Phi) is 18.5. The van der Waals surface area contributed by atoms with Crippen LogP contribution in [0.15, 0.2) is 72.8 Å². The smallest absolute Gasteiger partial charge is 0.151 e. The van der Waals surface area contributed by atoms with Gasteiger partial charge in [-0.1, -0.05) is 97.9 Å². The van der Waals surface area contributed by atoms with Crippen molar-refractivity contribution in [3.8, 4) is 11.5 Å². The van der Waals surface area contributed by atoms with Crippen molar-refractivity contribution in [3.05, 3.63) is 78.4 Å². The molecular weight excluding hydrogens is 464 g/mol. The molecule has 0 spiro atoms. The highest BCUT2D eigenvalue weighted by molar-refractivity contribution is 5.78. The second-order valence-electron chi connectivity index (χ2n) is 8.52. The summed E-state index contributed by atoms with van der Waals surface area (Å²) in [7, 11) is 0. The number of ether oxygens (including phenoxy) is 1. The van der Waals surface area contributed by atoms with Gasteiger partial charge in [-0.2, -0.15) is 0 Å². The zero-order valence-electron chi connectivity index (χ0n) is 26.5. The lowest BCUT2D eigenvalue weighted by Crippen LogP contribution is -2.35. The van der Waals surface area contributed by atoms with E-state index in [1.54, 1.807) is 0 Å². The fourth-order valence-electron chi connectivity index (χ4n) is 4.39. The summed E-state index contributed by atoms with van der Waals surface area (Å²) in [6.45, 7) is 26.1. The van der Waals surface area contributed by atoms with E-state index in [1.165, 1.54) is 30.6 Å². The average molecular weight is 521 g/mol. The first-order valence-corrected chi connectivity index (χ1v) is 15.1. The van der Waals surface area contributed by atoms with Gasteiger partial charge in [0.15, 0.2) is 11.5 Å². The van der Waals surface area contributed by atoms with Crippen LogP contribution >= 0.6 is 0 Å². The van der Waals surface area contributed by atoms with Gasteiger partial charge in [-0.3, -0.25) is 0 Å². The minimum atomic E-state index is 0.404. The lowest BCUT2D eigenvalue weighted by Gasteiger charge is -2.35. The predicted molar refractivity (Wildman–Crippen MR) is 173 cm³/mol. The second-order valence-corrected chi connectivity index (χ2v) is 8.52. The largest absolute Gasteiger partial charge is 0.453 e. The number of hydrogen-bond acceptors (Lipinski definition) is 3. The highest BCUT2D eigenvalue weighted by Crippen LogP contribution is 2.47. The number of anilines is 3. The molecule has 0 aromatic heterocycles. The van der Waals surface area contributed by atoms with Crippen LogP contribution in [0.4, 0.5) is 17.1 Å². The van der Waals surface area contributed by atoms with Gasteiger partial charge in [0.05, 0.1) is 11.4 Å². The molecule has 0 N–H and O–H groups in total. The SMILES string of the molecule is CC.CC.CC.CC.CC(C)N1CCCc2ccccc21.CC(C)N1c2ccccc2Oc2ccccc21. The third-order valence-electron chi connectivity index (χ3n) is 5.76. The molecule has 0 fully saturated rings. The first-order valence-electron chi connectivity index (χ1n) is 15.1. The van der Waals surface area contributed by atoms with Crippen LogP contribution in [0.2, 0.25) is 0 Å². The number of fused-ring (bicyclic) bond motifs is 3. The van der Waals surface area contributed by atoms with E-state index in [0.717, 1.165) is 22.9 Å². The molecule has 5 rings (SSSR count).